The van der Waals surface area contributed by atoms with E-state index in [4.69, 9.17) is 15.3 Å². The molecule has 0 aliphatic heterocycles. The second-order valence-electron chi connectivity index (χ2n) is 4.05. The molecule has 2 rings (SSSR count). The van der Waals surface area contributed by atoms with Crippen molar-refractivity contribution in [1.29, 1.82) is 0 Å². The highest BCUT2D eigenvalue weighted by Gasteiger charge is 2.01. The summed E-state index contributed by atoms with van der Waals surface area (Å²) >= 11 is 0. The third-order valence-electron chi connectivity index (χ3n) is 2.56. The largest absolute Gasteiger partial charge is 0.493 e. The lowest BCUT2D eigenvalue weighted by atomic mass is 10.3. The summed E-state index contributed by atoms with van der Waals surface area (Å²) in [5.74, 6) is 6.90. The molecule has 0 fully saturated rings. The monoisotopic (exact) mass is 272 g/mol. The number of para-hydroxylation sites is 1. The van der Waals surface area contributed by atoms with E-state index < -0.39 is 0 Å². The minimum absolute atomic E-state index is 0.221. The van der Waals surface area contributed by atoms with E-state index in [-0.39, 0.29) is 18.9 Å². The number of hydrogen-bond donors (Lipinski definition) is 2. The summed E-state index contributed by atoms with van der Waals surface area (Å²) in [6.45, 7) is 0.280. The Labute approximate surface area is 117 Å². The van der Waals surface area contributed by atoms with Gasteiger partial charge in [-0.3, -0.25) is 10.2 Å². The Morgan fingerprint density at radius 2 is 1.55 bits per heavy atom. The molecule has 0 bridgehead atoms. The summed E-state index contributed by atoms with van der Waals surface area (Å²) in [4.78, 5) is 10.9. The maximum atomic E-state index is 10.9. The van der Waals surface area contributed by atoms with E-state index in [0.29, 0.717) is 5.75 Å². The van der Waals surface area contributed by atoms with Gasteiger partial charge >= 0.3 is 0 Å². The Bertz CT molecular complexity index is 541. The first kappa shape index (κ1) is 13.9. The van der Waals surface area contributed by atoms with E-state index >= 15 is 0 Å². The number of amides is 1. The van der Waals surface area contributed by atoms with Crippen molar-refractivity contribution in [3.05, 3.63) is 54.6 Å². The maximum absolute atomic E-state index is 10.9. The van der Waals surface area contributed by atoms with Gasteiger partial charge in [-0.1, -0.05) is 18.2 Å². The molecule has 20 heavy (non-hydrogen) atoms. The van der Waals surface area contributed by atoms with Crippen molar-refractivity contribution in [3.63, 3.8) is 0 Å². The normalized spacial score (nSPS) is 9.85. The fraction of sp³-hybridized carbons (Fsp3) is 0.133. The zero-order valence-electron chi connectivity index (χ0n) is 10.9. The van der Waals surface area contributed by atoms with Crippen LogP contribution in [-0.4, -0.2) is 12.5 Å². The van der Waals surface area contributed by atoms with Gasteiger partial charge in [-0.05, 0) is 36.4 Å². The van der Waals surface area contributed by atoms with Crippen LogP contribution in [0.15, 0.2) is 54.6 Å². The first-order valence-corrected chi connectivity index (χ1v) is 6.23. The van der Waals surface area contributed by atoms with Gasteiger partial charge in [0.25, 0.3) is 0 Å². The third kappa shape index (κ3) is 4.29. The minimum Gasteiger partial charge on any atom is -0.493 e. The molecule has 3 N–H and O–H groups in total. The van der Waals surface area contributed by atoms with Crippen molar-refractivity contribution in [1.82, 2.24) is 5.43 Å². The predicted octanol–water partition coefficient (Wildman–Crippen LogP) is 2.24. The van der Waals surface area contributed by atoms with Crippen LogP contribution >= 0.6 is 0 Å². The van der Waals surface area contributed by atoms with Gasteiger partial charge in [0.2, 0.25) is 5.91 Å². The quantitative estimate of drug-likeness (QED) is 0.480. The average molecular weight is 272 g/mol. The van der Waals surface area contributed by atoms with Crippen molar-refractivity contribution < 1.29 is 14.3 Å². The van der Waals surface area contributed by atoms with Gasteiger partial charge < -0.3 is 9.47 Å². The van der Waals surface area contributed by atoms with Gasteiger partial charge in [0, 0.05) is 0 Å². The predicted molar refractivity (Wildman–Crippen MR) is 75.4 cm³/mol. The van der Waals surface area contributed by atoms with Crippen molar-refractivity contribution >= 4 is 5.91 Å². The van der Waals surface area contributed by atoms with Crippen LogP contribution in [0.4, 0.5) is 0 Å². The van der Waals surface area contributed by atoms with Gasteiger partial charge in [0.1, 0.15) is 17.2 Å². The third-order valence-corrected chi connectivity index (χ3v) is 2.56. The smallest absolute Gasteiger partial charge is 0.237 e. The number of hydrogen-bond acceptors (Lipinski definition) is 4. The van der Waals surface area contributed by atoms with Crippen LogP contribution in [0.1, 0.15) is 6.42 Å². The molecule has 2 aromatic rings. The molecule has 0 aliphatic rings. The lowest BCUT2D eigenvalue weighted by molar-refractivity contribution is -0.121. The first-order valence-electron chi connectivity index (χ1n) is 6.23. The molecular weight excluding hydrogens is 256 g/mol. The van der Waals surface area contributed by atoms with E-state index in [1.165, 1.54) is 0 Å². The van der Waals surface area contributed by atoms with E-state index in [9.17, 15) is 4.79 Å². The van der Waals surface area contributed by atoms with Gasteiger partial charge in [-0.15, -0.1) is 0 Å². The van der Waals surface area contributed by atoms with E-state index in [1.54, 1.807) is 12.1 Å². The Morgan fingerprint density at radius 1 is 0.950 bits per heavy atom. The van der Waals surface area contributed by atoms with Gasteiger partial charge in [0.05, 0.1) is 13.0 Å². The fourth-order valence-corrected chi connectivity index (χ4v) is 1.56. The molecular formula is C15H16N2O3. The number of nitrogens with one attached hydrogen (secondary N) is 1. The van der Waals surface area contributed by atoms with Crippen LogP contribution in [0.5, 0.6) is 17.2 Å². The number of carbonyl (C=O) groups excluding carboxylic acids is 1. The number of rotatable bonds is 6. The first-order chi connectivity index (χ1) is 9.78. The van der Waals surface area contributed by atoms with Crippen LogP contribution in [-0.2, 0) is 4.79 Å². The summed E-state index contributed by atoms with van der Waals surface area (Å²) in [7, 11) is 0. The summed E-state index contributed by atoms with van der Waals surface area (Å²) in [5, 5.41) is 0. The molecule has 0 heterocycles. The maximum Gasteiger partial charge on any atom is 0.237 e. The lowest BCUT2D eigenvalue weighted by Crippen LogP contribution is -2.31. The van der Waals surface area contributed by atoms with Crippen LogP contribution < -0.4 is 20.7 Å². The minimum atomic E-state index is -0.256. The molecule has 5 heteroatoms. The van der Waals surface area contributed by atoms with Crippen LogP contribution in [0.3, 0.4) is 0 Å². The highest BCUT2D eigenvalue weighted by molar-refractivity contribution is 5.75. The summed E-state index contributed by atoms with van der Waals surface area (Å²) in [5.41, 5.74) is 2.05. The Morgan fingerprint density at radius 3 is 2.20 bits per heavy atom. The van der Waals surface area contributed by atoms with E-state index in [1.807, 2.05) is 47.9 Å². The summed E-state index contributed by atoms with van der Waals surface area (Å²) < 4.78 is 11.1. The molecule has 0 aromatic heterocycles. The standard InChI is InChI=1S/C15H16N2O3/c16-17-15(18)10-11-19-12-6-8-14(9-7-12)20-13-4-2-1-3-5-13/h1-9H,10-11,16H2,(H,17,18). The van der Waals surface area contributed by atoms with Gasteiger partial charge in [0.15, 0.2) is 0 Å². The number of carbonyl (C=O) groups is 1. The average Bonchev–Trinajstić information content (AvgIpc) is 2.50. The molecule has 104 valence electrons. The molecule has 1 amide bonds. The summed E-state index contributed by atoms with van der Waals surface area (Å²) in [6, 6.07) is 16.7. The van der Waals surface area contributed by atoms with E-state index in [2.05, 4.69) is 0 Å². The second-order valence-corrected chi connectivity index (χ2v) is 4.05. The zero-order valence-corrected chi connectivity index (χ0v) is 10.9. The van der Waals surface area contributed by atoms with Crippen molar-refractivity contribution in [2.45, 2.75) is 6.42 Å². The van der Waals surface area contributed by atoms with Crippen molar-refractivity contribution in [3.8, 4) is 17.2 Å². The molecule has 0 radical (unpaired) electrons. The Kier molecular flexibility index (Phi) is 4.97. The van der Waals surface area contributed by atoms with Crippen LogP contribution in [0, 0.1) is 0 Å². The molecule has 5 nitrogen and oxygen atoms in total. The van der Waals surface area contributed by atoms with Crippen molar-refractivity contribution in [2.24, 2.45) is 5.84 Å². The van der Waals surface area contributed by atoms with Crippen LogP contribution in [0.25, 0.3) is 0 Å². The van der Waals surface area contributed by atoms with E-state index in [0.717, 1.165) is 11.5 Å². The summed E-state index contributed by atoms with van der Waals surface area (Å²) in [6.07, 6.45) is 0.221. The Hall–Kier alpha value is -2.53. The zero-order chi connectivity index (χ0) is 14.2. The number of nitrogens with two attached hydrogens (primary N) is 1. The molecule has 0 spiro atoms. The SMILES string of the molecule is NNC(=O)CCOc1ccc(Oc2ccccc2)cc1. The molecule has 0 saturated carbocycles. The fourth-order valence-electron chi connectivity index (χ4n) is 1.56. The molecule has 0 atom stereocenters. The lowest BCUT2D eigenvalue weighted by Gasteiger charge is -2.08. The highest BCUT2D eigenvalue weighted by Crippen LogP contribution is 2.23. The second kappa shape index (κ2) is 7.16. The van der Waals surface area contributed by atoms with Crippen molar-refractivity contribution in [2.75, 3.05) is 6.61 Å². The topological polar surface area (TPSA) is 73.6 Å². The number of benzene rings is 2. The van der Waals surface area contributed by atoms with Gasteiger partial charge in [-0.2, -0.15) is 0 Å². The molecule has 2 aromatic carbocycles. The Balaban J connectivity index is 1.85. The number of hydrazine groups is 1. The number of ether oxygens (including phenoxy) is 2. The van der Waals surface area contributed by atoms with Crippen LogP contribution in [0.2, 0.25) is 0 Å². The highest BCUT2D eigenvalue weighted by atomic mass is 16.5. The molecule has 0 saturated heterocycles. The molecule has 0 aliphatic carbocycles. The van der Waals surface area contributed by atoms with Gasteiger partial charge in [-0.25, -0.2) is 5.84 Å². The molecule has 0 unspecified atom stereocenters.